The molecule has 0 fully saturated rings. The van der Waals surface area contributed by atoms with Gasteiger partial charge in [-0.1, -0.05) is 0 Å². The summed E-state index contributed by atoms with van der Waals surface area (Å²) >= 11 is 0. The van der Waals surface area contributed by atoms with Crippen LogP contribution in [0, 0.1) is 0 Å². The van der Waals surface area contributed by atoms with E-state index in [9.17, 15) is 4.79 Å². The van der Waals surface area contributed by atoms with Gasteiger partial charge in [-0.2, -0.15) is 5.10 Å². The molecule has 0 radical (unpaired) electrons. The summed E-state index contributed by atoms with van der Waals surface area (Å²) < 4.78 is 17.3. The first kappa shape index (κ1) is 15.1. The second-order valence-corrected chi connectivity index (χ2v) is 4.93. The lowest BCUT2D eigenvalue weighted by molar-refractivity contribution is -0.140. The Morgan fingerprint density at radius 2 is 2.06 bits per heavy atom. The quantitative estimate of drug-likeness (QED) is 0.530. The van der Waals surface area contributed by atoms with Crippen molar-refractivity contribution in [3.05, 3.63) is 12.4 Å². The van der Waals surface area contributed by atoms with Gasteiger partial charge >= 0.3 is 5.97 Å². The Labute approximate surface area is 108 Å². The van der Waals surface area contributed by atoms with Crippen LogP contribution in [0.3, 0.4) is 0 Å². The zero-order valence-electron chi connectivity index (χ0n) is 11.0. The summed E-state index contributed by atoms with van der Waals surface area (Å²) in [7, 11) is 0.311. The smallest absolute Gasteiger partial charge is 0.307 e. The number of methoxy groups -OCH3 is 1. The van der Waals surface area contributed by atoms with Crippen molar-refractivity contribution in [2.75, 3.05) is 20.3 Å². The first-order valence-corrected chi connectivity index (χ1v) is 7.04. The van der Waals surface area contributed by atoms with E-state index >= 15 is 0 Å². The highest BCUT2D eigenvalue weighted by Gasteiger charge is 2.15. The Hall–Kier alpha value is -0.970. The minimum absolute atomic E-state index is 0.246. The number of carbonyl (C=O) groups excluding carboxylic acids is 1. The molecular weight excluding hydrogens is 255 g/mol. The highest BCUT2D eigenvalue weighted by atomic mass is 31.2. The maximum atomic E-state index is 11.0. The summed E-state index contributed by atoms with van der Waals surface area (Å²) in [5, 5.41) is 5.09. The molecule has 0 spiro atoms. The van der Waals surface area contributed by atoms with E-state index in [0.29, 0.717) is 26.2 Å². The zero-order chi connectivity index (χ0) is 13.4. The number of carbonyl (C=O) groups is 1. The minimum Gasteiger partial charge on any atom is -0.469 e. The molecular formula is C11H19N2O4P. The highest BCUT2D eigenvalue weighted by Crippen LogP contribution is 2.36. The number of aromatic nitrogens is 2. The third-order valence-corrected chi connectivity index (χ3v) is 3.73. The Morgan fingerprint density at radius 1 is 1.39 bits per heavy atom. The molecule has 0 unspecified atom stereocenters. The molecule has 1 rings (SSSR count). The molecule has 1 aromatic heterocycles. The lowest BCUT2D eigenvalue weighted by atomic mass is 10.4. The first-order valence-electron chi connectivity index (χ1n) is 5.86. The van der Waals surface area contributed by atoms with Crippen LogP contribution < -0.4 is 5.30 Å². The van der Waals surface area contributed by atoms with Crippen LogP contribution >= 0.6 is 8.38 Å². The summed E-state index contributed by atoms with van der Waals surface area (Å²) in [6, 6.07) is 0. The highest BCUT2D eigenvalue weighted by molar-refractivity contribution is 7.55. The van der Waals surface area contributed by atoms with Crippen molar-refractivity contribution in [3.8, 4) is 0 Å². The number of nitrogens with zero attached hydrogens (tertiary/aromatic N) is 2. The first-order chi connectivity index (χ1) is 8.71. The zero-order valence-corrected chi connectivity index (χ0v) is 11.9. The van der Waals surface area contributed by atoms with E-state index in [1.807, 2.05) is 20.0 Å². The lowest BCUT2D eigenvalue weighted by Crippen LogP contribution is -2.08. The van der Waals surface area contributed by atoms with Gasteiger partial charge in [-0.25, -0.2) is 0 Å². The van der Waals surface area contributed by atoms with Gasteiger partial charge in [-0.3, -0.25) is 9.48 Å². The number of hydrogen-bond acceptors (Lipinski definition) is 5. The molecule has 0 aliphatic rings. The van der Waals surface area contributed by atoms with Gasteiger partial charge in [-0.05, 0) is 13.8 Å². The van der Waals surface area contributed by atoms with E-state index < -0.39 is 8.38 Å². The van der Waals surface area contributed by atoms with Crippen molar-refractivity contribution < 1.29 is 18.6 Å². The molecule has 102 valence electrons. The predicted octanol–water partition coefficient (Wildman–Crippen LogP) is 1.46. The predicted molar refractivity (Wildman–Crippen MR) is 68.7 cm³/mol. The monoisotopic (exact) mass is 274 g/mol. The molecule has 0 aromatic carbocycles. The number of ether oxygens (including phenoxy) is 1. The van der Waals surface area contributed by atoms with Crippen LogP contribution in [-0.2, 0) is 25.1 Å². The largest absolute Gasteiger partial charge is 0.469 e. The normalized spacial score (nSPS) is 10.9. The summed E-state index contributed by atoms with van der Waals surface area (Å²) in [5.74, 6) is -0.246. The van der Waals surface area contributed by atoms with Gasteiger partial charge in [-0.15, -0.1) is 0 Å². The van der Waals surface area contributed by atoms with E-state index in [1.165, 1.54) is 7.11 Å². The van der Waals surface area contributed by atoms with Crippen LogP contribution in [0.2, 0.25) is 0 Å². The van der Waals surface area contributed by atoms with Crippen LogP contribution in [0.1, 0.15) is 20.3 Å². The van der Waals surface area contributed by atoms with Crippen LogP contribution in [-0.4, -0.2) is 36.1 Å². The van der Waals surface area contributed by atoms with E-state index in [-0.39, 0.29) is 5.97 Å². The maximum Gasteiger partial charge on any atom is 0.307 e. The molecule has 6 nitrogen and oxygen atoms in total. The van der Waals surface area contributed by atoms with Gasteiger partial charge < -0.3 is 13.8 Å². The molecule has 0 atom stereocenters. The van der Waals surface area contributed by atoms with Crippen LogP contribution in [0.4, 0.5) is 0 Å². The fourth-order valence-electron chi connectivity index (χ4n) is 1.30. The molecule has 1 heterocycles. The molecule has 0 aliphatic heterocycles. The standard InChI is InChI=1S/C11H19N2O4P/c1-4-16-18(17-5-2)10-8-12-13(9-10)7-6-11(14)15-3/h8-9H,4-7H2,1-3H3. The van der Waals surface area contributed by atoms with Gasteiger partial charge in [0.05, 0.1) is 44.8 Å². The third kappa shape index (κ3) is 4.72. The van der Waals surface area contributed by atoms with Gasteiger partial charge in [0.1, 0.15) is 0 Å². The Balaban J connectivity index is 2.57. The molecule has 0 amide bonds. The maximum absolute atomic E-state index is 11.0. The average Bonchev–Trinajstić information content (AvgIpc) is 2.84. The Morgan fingerprint density at radius 3 is 2.61 bits per heavy atom. The number of hydrogen-bond donors (Lipinski definition) is 0. The van der Waals surface area contributed by atoms with E-state index in [0.717, 1.165) is 5.30 Å². The SMILES string of the molecule is CCOP(OCC)c1cnn(CCC(=O)OC)c1. The molecule has 1 aromatic rings. The van der Waals surface area contributed by atoms with Gasteiger partial charge in [0.25, 0.3) is 0 Å². The van der Waals surface area contributed by atoms with E-state index in [2.05, 4.69) is 9.84 Å². The van der Waals surface area contributed by atoms with Crippen molar-refractivity contribution in [2.45, 2.75) is 26.8 Å². The summed E-state index contributed by atoms with van der Waals surface area (Å²) in [6.07, 6.45) is 3.87. The van der Waals surface area contributed by atoms with E-state index in [1.54, 1.807) is 10.9 Å². The fourth-order valence-corrected chi connectivity index (χ4v) is 2.51. The van der Waals surface area contributed by atoms with Gasteiger partial charge in [0.15, 0.2) is 0 Å². The second kappa shape index (κ2) is 8.19. The van der Waals surface area contributed by atoms with Gasteiger partial charge in [0, 0.05) is 6.20 Å². The van der Waals surface area contributed by atoms with Crippen molar-refractivity contribution >= 4 is 19.6 Å². The Bertz CT molecular complexity index is 364. The molecule has 0 aliphatic carbocycles. The average molecular weight is 274 g/mol. The molecule has 0 bridgehead atoms. The fraction of sp³-hybridized carbons (Fsp3) is 0.636. The summed E-state index contributed by atoms with van der Waals surface area (Å²) in [4.78, 5) is 11.0. The van der Waals surface area contributed by atoms with Crippen molar-refractivity contribution in [2.24, 2.45) is 0 Å². The third-order valence-electron chi connectivity index (χ3n) is 2.10. The molecule has 0 saturated carbocycles. The van der Waals surface area contributed by atoms with Crippen LogP contribution in [0.25, 0.3) is 0 Å². The van der Waals surface area contributed by atoms with Crippen molar-refractivity contribution in [1.82, 2.24) is 9.78 Å². The van der Waals surface area contributed by atoms with Crippen LogP contribution in [0.5, 0.6) is 0 Å². The van der Waals surface area contributed by atoms with E-state index in [4.69, 9.17) is 9.05 Å². The molecule has 7 heteroatoms. The summed E-state index contributed by atoms with van der Waals surface area (Å²) in [5.41, 5.74) is 0. The minimum atomic E-state index is -1.06. The summed E-state index contributed by atoms with van der Waals surface area (Å²) in [6.45, 7) is 5.54. The number of rotatable bonds is 8. The Kier molecular flexibility index (Phi) is 6.86. The second-order valence-electron chi connectivity index (χ2n) is 3.38. The number of esters is 1. The molecule has 0 N–H and O–H groups in total. The molecule has 18 heavy (non-hydrogen) atoms. The number of aryl methyl sites for hydroxylation is 1. The lowest BCUT2D eigenvalue weighted by Gasteiger charge is -2.13. The van der Waals surface area contributed by atoms with Gasteiger partial charge in [0.2, 0.25) is 8.38 Å². The molecule has 0 saturated heterocycles. The topological polar surface area (TPSA) is 62.6 Å². The van der Waals surface area contributed by atoms with Crippen molar-refractivity contribution in [3.63, 3.8) is 0 Å². The van der Waals surface area contributed by atoms with Crippen LogP contribution in [0.15, 0.2) is 12.4 Å². The van der Waals surface area contributed by atoms with Crippen molar-refractivity contribution in [1.29, 1.82) is 0 Å².